The fraction of sp³-hybridized carbons (Fsp3) is 0.429. The molecule has 0 spiro atoms. The number of likely N-dealkylation sites (tertiary alicyclic amines) is 1. The van der Waals surface area contributed by atoms with Crippen LogP contribution in [0.5, 0.6) is 0 Å². The van der Waals surface area contributed by atoms with Gasteiger partial charge in [-0.1, -0.05) is 12.1 Å². The third-order valence-electron chi connectivity index (χ3n) is 3.16. The third kappa shape index (κ3) is 3.70. The number of hydrogen-bond donors (Lipinski definition) is 1. The van der Waals surface area contributed by atoms with Crippen molar-refractivity contribution in [2.24, 2.45) is 5.92 Å². The molecule has 1 N–H and O–H groups in total. The standard InChI is InChI=1S/C14H17ClN2O2/c1-10(18)16-13-4-2-11(3-5-13)8-17-9-12(7-15)6-14(17)19/h2-5,12H,6-9H2,1H3,(H,16,18). The van der Waals surface area contributed by atoms with E-state index in [9.17, 15) is 9.59 Å². The molecule has 1 aromatic carbocycles. The van der Waals surface area contributed by atoms with Gasteiger partial charge in [-0.15, -0.1) is 11.6 Å². The number of carbonyl (C=O) groups excluding carboxylic acids is 2. The van der Waals surface area contributed by atoms with Crippen LogP contribution in [0.1, 0.15) is 18.9 Å². The van der Waals surface area contributed by atoms with Gasteiger partial charge in [0, 0.05) is 38.0 Å². The van der Waals surface area contributed by atoms with Crippen molar-refractivity contribution in [3.8, 4) is 0 Å². The Balaban J connectivity index is 1.96. The SMILES string of the molecule is CC(=O)Nc1ccc(CN2CC(CCl)CC2=O)cc1. The molecule has 1 unspecified atom stereocenters. The number of benzene rings is 1. The van der Waals surface area contributed by atoms with Gasteiger partial charge in [0.2, 0.25) is 11.8 Å². The molecule has 1 fully saturated rings. The van der Waals surface area contributed by atoms with Gasteiger partial charge in [-0.25, -0.2) is 0 Å². The summed E-state index contributed by atoms with van der Waals surface area (Å²) in [6.45, 7) is 2.81. The van der Waals surface area contributed by atoms with Gasteiger partial charge >= 0.3 is 0 Å². The molecule has 1 aliphatic rings. The van der Waals surface area contributed by atoms with E-state index in [0.29, 0.717) is 18.8 Å². The molecule has 5 heteroatoms. The first-order valence-electron chi connectivity index (χ1n) is 6.28. The summed E-state index contributed by atoms with van der Waals surface area (Å²) in [7, 11) is 0. The zero-order valence-corrected chi connectivity index (χ0v) is 11.6. The average Bonchev–Trinajstić information content (AvgIpc) is 2.72. The van der Waals surface area contributed by atoms with Crippen LogP contribution in [0.2, 0.25) is 0 Å². The van der Waals surface area contributed by atoms with Gasteiger partial charge in [-0.3, -0.25) is 9.59 Å². The summed E-state index contributed by atoms with van der Waals surface area (Å²) in [6, 6.07) is 7.53. The lowest BCUT2D eigenvalue weighted by atomic mass is 10.1. The molecule has 19 heavy (non-hydrogen) atoms. The molecular weight excluding hydrogens is 264 g/mol. The predicted octanol–water partition coefficient (Wildman–Crippen LogP) is 2.23. The van der Waals surface area contributed by atoms with Crippen molar-refractivity contribution in [1.29, 1.82) is 0 Å². The Morgan fingerprint density at radius 3 is 2.63 bits per heavy atom. The fourth-order valence-electron chi connectivity index (χ4n) is 2.23. The number of nitrogens with one attached hydrogen (secondary N) is 1. The molecule has 0 bridgehead atoms. The minimum absolute atomic E-state index is 0.0903. The number of hydrogen-bond acceptors (Lipinski definition) is 2. The lowest BCUT2D eigenvalue weighted by Gasteiger charge is -2.16. The van der Waals surface area contributed by atoms with E-state index < -0.39 is 0 Å². The highest BCUT2D eigenvalue weighted by molar-refractivity contribution is 6.18. The Bertz CT molecular complexity index is 473. The van der Waals surface area contributed by atoms with Gasteiger partial charge < -0.3 is 10.2 Å². The Morgan fingerprint density at radius 1 is 1.42 bits per heavy atom. The van der Waals surface area contributed by atoms with E-state index in [1.165, 1.54) is 6.92 Å². The molecule has 1 aliphatic heterocycles. The van der Waals surface area contributed by atoms with E-state index in [1.807, 2.05) is 29.2 Å². The van der Waals surface area contributed by atoms with Gasteiger partial charge in [0.25, 0.3) is 0 Å². The minimum atomic E-state index is -0.0903. The summed E-state index contributed by atoms with van der Waals surface area (Å²) < 4.78 is 0. The molecule has 2 rings (SSSR count). The second-order valence-corrected chi connectivity index (χ2v) is 5.19. The normalized spacial score (nSPS) is 18.7. The summed E-state index contributed by atoms with van der Waals surface area (Å²) in [5.41, 5.74) is 1.82. The van der Waals surface area contributed by atoms with E-state index in [2.05, 4.69) is 5.32 Å². The van der Waals surface area contributed by atoms with E-state index in [-0.39, 0.29) is 17.7 Å². The number of nitrogens with zero attached hydrogens (tertiary/aromatic N) is 1. The second-order valence-electron chi connectivity index (χ2n) is 4.88. The molecule has 102 valence electrons. The Hall–Kier alpha value is -1.55. The van der Waals surface area contributed by atoms with Gasteiger partial charge in [0.15, 0.2) is 0 Å². The number of alkyl halides is 1. The summed E-state index contributed by atoms with van der Waals surface area (Å²) in [4.78, 5) is 24.5. The van der Waals surface area contributed by atoms with Crippen molar-refractivity contribution >= 4 is 29.1 Å². The molecule has 2 amide bonds. The highest BCUT2D eigenvalue weighted by Crippen LogP contribution is 2.21. The van der Waals surface area contributed by atoms with Crippen LogP contribution in [0.15, 0.2) is 24.3 Å². The van der Waals surface area contributed by atoms with Crippen LogP contribution in [0.25, 0.3) is 0 Å². The molecule has 1 atom stereocenters. The molecule has 0 aliphatic carbocycles. The molecule has 4 nitrogen and oxygen atoms in total. The van der Waals surface area contributed by atoms with Crippen molar-refractivity contribution < 1.29 is 9.59 Å². The van der Waals surface area contributed by atoms with Crippen LogP contribution in [-0.4, -0.2) is 29.1 Å². The lowest BCUT2D eigenvalue weighted by molar-refractivity contribution is -0.128. The van der Waals surface area contributed by atoms with Crippen LogP contribution in [-0.2, 0) is 16.1 Å². The predicted molar refractivity (Wildman–Crippen MR) is 75.0 cm³/mol. The third-order valence-corrected chi connectivity index (χ3v) is 3.60. The van der Waals surface area contributed by atoms with Gasteiger partial charge in [-0.05, 0) is 23.6 Å². The van der Waals surface area contributed by atoms with E-state index in [1.54, 1.807) is 0 Å². The first-order valence-corrected chi connectivity index (χ1v) is 6.82. The van der Waals surface area contributed by atoms with Gasteiger partial charge in [0.05, 0.1) is 0 Å². The molecule has 0 aromatic heterocycles. The Morgan fingerprint density at radius 2 is 2.11 bits per heavy atom. The molecule has 0 saturated carbocycles. The van der Waals surface area contributed by atoms with Crippen molar-refractivity contribution in [2.45, 2.75) is 19.9 Å². The zero-order chi connectivity index (χ0) is 13.8. The summed E-state index contributed by atoms with van der Waals surface area (Å²) >= 11 is 5.79. The van der Waals surface area contributed by atoms with Crippen molar-refractivity contribution in [3.05, 3.63) is 29.8 Å². The highest BCUT2D eigenvalue weighted by atomic mass is 35.5. The summed E-state index contributed by atoms with van der Waals surface area (Å²) in [5, 5.41) is 2.71. The molecule has 1 saturated heterocycles. The van der Waals surface area contributed by atoms with Crippen LogP contribution in [0.4, 0.5) is 5.69 Å². The number of carbonyl (C=O) groups is 2. The topological polar surface area (TPSA) is 49.4 Å². The summed E-state index contributed by atoms with van der Waals surface area (Å²) in [5.74, 6) is 0.876. The van der Waals surface area contributed by atoms with E-state index in [0.717, 1.165) is 17.8 Å². The second kappa shape index (κ2) is 6.06. The van der Waals surface area contributed by atoms with Crippen LogP contribution >= 0.6 is 11.6 Å². The quantitative estimate of drug-likeness (QED) is 0.860. The molecule has 1 aromatic rings. The maximum atomic E-state index is 11.8. The lowest BCUT2D eigenvalue weighted by Crippen LogP contribution is -2.24. The van der Waals surface area contributed by atoms with E-state index in [4.69, 9.17) is 11.6 Å². The largest absolute Gasteiger partial charge is 0.338 e. The smallest absolute Gasteiger partial charge is 0.223 e. The van der Waals surface area contributed by atoms with Crippen molar-refractivity contribution in [3.63, 3.8) is 0 Å². The molecular formula is C14H17ClN2O2. The maximum absolute atomic E-state index is 11.8. The highest BCUT2D eigenvalue weighted by Gasteiger charge is 2.28. The number of amides is 2. The Kier molecular flexibility index (Phi) is 4.43. The number of rotatable bonds is 4. The first-order chi connectivity index (χ1) is 9.08. The molecule has 1 heterocycles. The summed E-state index contributed by atoms with van der Waals surface area (Å²) in [6.07, 6.45) is 0.549. The van der Waals surface area contributed by atoms with Crippen molar-refractivity contribution in [1.82, 2.24) is 4.90 Å². The fourth-order valence-corrected chi connectivity index (χ4v) is 2.43. The van der Waals surface area contributed by atoms with Crippen molar-refractivity contribution in [2.75, 3.05) is 17.7 Å². The first kappa shape index (κ1) is 13.9. The zero-order valence-electron chi connectivity index (χ0n) is 10.9. The number of halogens is 1. The van der Waals surface area contributed by atoms with Crippen LogP contribution in [0, 0.1) is 5.92 Å². The van der Waals surface area contributed by atoms with Crippen LogP contribution in [0.3, 0.4) is 0 Å². The monoisotopic (exact) mass is 280 g/mol. The number of anilines is 1. The van der Waals surface area contributed by atoms with Gasteiger partial charge in [-0.2, -0.15) is 0 Å². The molecule has 0 radical (unpaired) electrons. The van der Waals surface area contributed by atoms with Gasteiger partial charge in [0.1, 0.15) is 0 Å². The minimum Gasteiger partial charge on any atom is -0.338 e. The van der Waals surface area contributed by atoms with Crippen LogP contribution < -0.4 is 5.32 Å². The Labute approximate surface area is 117 Å². The maximum Gasteiger partial charge on any atom is 0.223 e. The average molecular weight is 281 g/mol. The van der Waals surface area contributed by atoms with E-state index >= 15 is 0 Å².